The Labute approximate surface area is 162 Å². The Hall–Kier alpha value is -2.73. The lowest BCUT2D eigenvalue weighted by Gasteiger charge is -2.03. The van der Waals surface area contributed by atoms with Crippen molar-refractivity contribution in [1.29, 1.82) is 0 Å². The van der Waals surface area contributed by atoms with Crippen LogP contribution in [0, 0.1) is 0 Å². The number of carboxylic acids is 5. The van der Waals surface area contributed by atoms with Crippen LogP contribution in [-0.4, -0.2) is 68.0 Å². The molecule has 0 aliphatic heterocycles. The molecule has 0 amide bonds. The van der Waals surface area contributed by atoms with Gasteiger partial charge in [-0.25, -0.2) is 0 Å². The largest absolute Gasteiger partial charge is 0.481 e. The quantitative estimate of drug-likeness (QED) is 0.201. The molecule has 12 heteroatoms. The van der Waals surface area contributed by atoms with Crippen LogP contribution < -0.4 is 11.5 Å². The topological polar surface area (TPSA) is 239 Å². The van der Waals surface area contributed by atoms with E-state index >= 15 is 0 Å². The number of hydrogen-bond acceptors (Lipinski definition) is 7. The summed E-state index contributed by atoms with van der Waals surface area (Å²) in [6.45, 7) is 0.604. The smallest absolute Gasteiger partial charge is 0.320 e. The second-order valence-electron chi connectivity index (χ2n) is 5.51. The lowest BCUT2D eigenvalue weighted by Crippen LogP contribution is -2.29. The maximum absolute atomic E-state index is 10.1. The molecule has 0 aromatic rings. The minimum Gasteiger partial charge on any atom is -0.481 e. The fraction of sp³-hybridized carbons (Fsp3) is 0.688. The predicted molar refractivity (Wildman–Crippen MR) is 96.8 cm³/mol. The first-order valence-electron chi connectivity index (χ1n) is 8.49. The van der Waals surface area contributed by atoms with Gasteiger partial charge < -0.3 is 37.0 Å². The van der Waals surface area contributed by atoms with Crippen molar-refractivity contribution in [2.75, 3.05) is 6.54 Å². The van der Waals surface area contributed by atoms with Gasteiger partial charge in [0.2, 0.25) is 0 Å². The van der Waals surface area contributed by atoms with Gasteiger partial charge in [0.15, 0.2) is 0 Å². The predicted octanol–water partition coefficient (Wildman–Crippen LogP) is 0.179. The Balaban J connectivity index is -0.000000336. The van der Waals surface area contributed by atoms with Crippen molar-refractivity contribution in [2.45, 2.75) is 63.8 Å². The second-order valence-corrected chi connectivity index (χ2v) is 5.51. The van der Waals surface area contributed by atoms with E-state index in [-0.39, 0.29) is 38.5 Å². The Morgan fingerprint density at radius 2 is 0.929 bits per heavy atom. The lowest BCUT2D eigenvalue weighted by atomic mass is 10.1. The number of carbonyl (C=O) groups is 5. The van der Waals surface area contributed by atoms with Gasteiger partial charge in [-0.15, -0.1) is 0 Å². The maximum atomic E-state index is 10.1. The van der Waals surface area contributed by atoms with Crippen LogP contribution in [0.3, 0.4) is 0 Å². The molecular formula is C16H30N2O10. The third-order valence-electron chi connectivity index (χ3n) is 2.85. The number of rotatable bonds is 13. The van der Waals surface area contributed by atoms with E-state index in [1.54, 1.807) is 0 Å². The van der Waals surface area contributed by atoms with Crippen molar-refractivity contribution in [3.05, 3.63) is 0 Å². The van der Waals surface area contributed by atoms with Gasteiger partial charge in [0, 0.05) is 25.7 Å². The van der Waals surface area contributed by atoms with Crippen LogP contribution in [0.4, 0.5) is 0 Å². The molecule has 9 N–H and O–H groups in total. The molecule has 0 saturated heterocycles. The summed E-state index contributed by atoms with van der Waals surface area (Å²) in [5.74, 6) is -4.72. The van der Waals surface area contributed by atoms with Gasteiger partial charge in [0.1, 0.15) is 6.04 Å². The van der Waals surface area contributed by atoms with Crippen molar-refractivity contribution in [1.82, 2.24) is 0 Å². The molecule has 0 spiro atoms. The number of hydrogen-bond donors (Lipinski definition) is 7. The number of carboxylic acid groups (broad SMARTS) is 5. The summed E-state index contributed by atoms with van der Waals surface area (Å²) in [7, 11) is 0. The van der Waals surface area contributed by atoms with E-state index in [2.05, 4.69) is 0 Å². The zero-order valence-corrected chi connectivity index (χ0v) is 15.6. The SMILES string of the molecule is NCCCC[C@H](N)C(=O)O.O=C(O)CCCC(=O)O.O=C(O)CCCC(=O)O. The molecule has 28 heavy (non-hydrogen) atoms. The molecule has 0 saturated carbocycles. The molecule has 12 nitrogen and oxygen atoms in total. The molecule has 0 aliphatic carbocycles. The average Bonchev–Trinajstić information content (AvgIpc) is 2.54. The van der Waals surface area contributed by atoms with E-state index < -0.39 is 35.9 Å². The molecule has 164 valence electrons. The summed E-state index contributed by atoms with van der Waals surface area (Å²) in [5, 5.41) is 40.5. The molecule has 0 heterocycles. The van der Waals surface area contributed by atoms with E-state index in [0.717, 1.165) is 12.8 Å². The van der Waals surface area contributed by atoms with Gasteiger partial charge in [-0.1, -0.05) is 6.42 Å². The van der Waals surface area contributed by atoms with E-state index in [9.17, 15) is 24.0 Å². The van der Waals surface area contributed by atoms with Crippen molar-refractivity contribution in [3.63, 3.8) is 0 Å². The van der Waals surface area contributed by atoms with Crippen LogP contribution in [0.15, 0.2) is 0 Å². The third-order valence-corrected chi connectivity index (χ3v) is 2.85. The summed E-state index contributed by atoms with van der Waals surface area (Å²) >= 11 is 0. The average molecular weight is 410 g/mol. The Bertz CT molecular complexity index is 424. The standard InChI is InChI=1S/C6H14N2O2.2C5H8O4/c7-4-2-1-3-5(8)6(9)10;2*6-4(7)2-1-3-5(8)9/h5H,1-4,7-8H2,(H,9,10);2*1-3H2,(H,6,7)(H,8,9)/t5-;;/m0../s1. The fourth-order valence-corrected chi connectivity index (χ4v) is 1.41. The molecule has 1 atom stereocenters. The van der Waals surface area contributed by atoms with Gasteiger partial charge >= 0.3 is 29.8 Å². The number of nitrogens with two attached hydrogens (primary N) is 2. The molecule has 0 aliphatic rings. The van der Waals surface area contributed by atoms with Crippen LogP contribution in [0.25, 0.3) is 0 Å². The van der Waals surface area contributed by atoms with Crippen LogP contribution in [0.1, 0.15) is 57.8 Å². The first-order chi connectivity index (χ1) is 12.9. The molecule has 0 radical (unpaired) electrons. The van der Waals surface area contributed by atoms with Gasteiger partial charge in [-0.2, -0.15) is 0 Å². The normalized spacial score (nSPS) is 10.4. The van der Waals surface area contributed by atoms with Crippen molar-refractivity contribution < 1.29 is 49.5 Å². The highest BCUT2D eigenvalue weighted by atomic mass is 16.4. The zero-order valence-electron chi connectivity index (χ0n) is 15.6. The number of aliphatic carboxylic acids is 5. The Morgan fingerprint density at radius 3 is 1.14 bits per heavy atom. The summed E-state index contributed by atoms with van der Waals surface area (Å²) in [5.41, 5.74) is 10.4. The van der Waals surface area contributed by atoms with Gasteiger partial charge in [0.05, 0.1) is 0 Å². The molecule has 0 fully saturated rings. The van der Waals surface area contributed by atoms with Gasteiger partial charge in [-0.3, -0.25) is 24.0 Å². The van der Waals surface area contributed by atoms with Crippen molar-refractivity contribution >= 4 is 29.8 Å². The third kappa shape index (κ3) is 34.6. The van der Waals surface area contributed by atoms with E-state index in [0.29, 0.717) is 13.0 Å². The highest BCUT2D eigenvalue weighted by Gasteiger charge is 2.09. The molecular weight excluding hydrogens is 380 g/mol. The van der Waals surface area contributed by atoms with Crippen LogP contribution in [-0.2, 0) is 24.0 Å². The summed E-state index contributed by atoms with van der Waals surface area (Å²) in [6.07, 6.45) is 2.34. The summed E-state index contributed by atoms with van der Waals surface area (Å²) < 4.78 is 0. The highest BCUT2D eigenvalue weighted by molar-refractivity contribution is 5.73. The minimum atomic E-state index is -0.948. The van der Waals surface area contributed by atoms with E-state index in [1.165, 1.54) is 0 Å². The lowest BCUT2D eigenvalue weighted by molar-refractivity contribution is -0.140. The Kier molecular flexibility index (Phi) is 22.1. The van der Waals surface area contributed by atoms with E-state index in [1.807, 2.05) is 0 Å². The number of unbranched alkanes of at least 4 members (excludes halogenated alkanes) is 1. The first kappa shape index (κ1) is 30.0. The summed E-state index contributed by atoms with van der Waals surface area (Å²) in [4.78, 5) is 49.3. The summed E-state index contributed by atoms with van der Waals surface area (Å²) in [6, 6.07) is -0.716. The molecule has 0 bridgehead atoms. The van der Waals surface area contributed by atoms with Crippen LogP contribution >= 0.6 is 0 Å². The monoisotopic (exact) mass is 410 g/mol. The molecule has 0 aromatic heterocycles. The zero-order chi connectivity index (χ0) is 22.5. The second kappa shape index (κ2) is 20.6. The van der Waals surface area contributed by atoms with E-state index in [4.69, 9.17) is 37.0 Å². The minimum absolute atomic E-state index is 0.0632. The van der Waals surface area contributed by atoms with Gasteiger partial charge in [0.25, 0.3) is 0 Å². The van der Waals surface area contributed by atoms with Crippen LogP contribution in [0.2, 0.25) is 0 Å². The van der Waals surface area contributed by atoms with Gasteiger partial charge in [-0.05, 0) is 32.2 Å². The Morgan fingerprint density at radius 1 is 0.607 bits per heavy atom. The maximum Gasteiger partial charge on any atom is 0.320 e. The fourth-order valence-electron chi connectivity index (χ4n) is 1.41. The first-order valence-corrected chi connectivity index (χ1v) is 8.49. The molecule has 0 rings (SSSR count). The highest BCUT2D eigenvalue weighted by Crippen LogP contribution is 1.97. The van der Waals surface area contributed by atoms with Crippen molar-refractivity contribution in [2.24, 2.45) is 11.5 Å². The van der Waals surface area contributed by atoms with Crippen LogP contribution in [0.5, 0.6) is 0 Å². The molecule has 0 unspecified atom stereocenters. The molecule has 0 aromatic carbocycles. The van der Waals surface area contributed by atoms with Crippen molar-refractivity contribution in [3.8, 4) is 0 Å².